The molecule has 6 heteroatoms. The van der Waals surface area contributed by atoms with Crippen LogP contribution in [0.2, 0.25) is 0 Å². The smallest absolute Gasteiger partial charge is 0.414 e. The van der Waals surface area contributed by atoms with Crippen LogP contribution in [0.3, 0.4) is 0 Å². The van der Waals surface area contributed by atoms with Crippen LogP contribution >= 0.6 is 22.6 Å². The first-order valence-electron chi connectivity index (χ1n) is 5.89. The lowest BCUT2D eigenvalue weighted by molar-refractivity contribution is 0.0687. The number of alkyl halides is 1. The summed E-state index contributed by atoms with van der Waals surface area (Å²) in [6.07, 6.45) is 2.60. The van der Waals surface area contributed by atoms with Crippen LogP contribution in [0.4, 0.5) is 10.5 Å². The van der Waals surface area contributed by atoms with E-state index in [2.05, 4.69) is 32.9 Å². The first kappa shape index (κ1) is 14.6. The molecule has 5 nitrogen and oxygen atoms in total. The topological polar surface area (TPSA) is 60.5 Å². The molecule has 0 aliphatic carbocycles. The molecule has 2 rings (SSSR count). The van der Waals surface area contributed by atoms with Gasteiger partial charge in [-0.25, -0.2) is 4.79 Å². The van der Waals surface area contributed by atoms with Gasteiger partial charge in [0.2, 0.25) is 6.79 Å². The van der Waals surface area contributed by atoms with E-state index in [-0.39, 0.29) is 6.79 Å². The van der Waals surface area contributed by atoms with Gasteiger partial charge in [0, 0.05) is 22.5 Å². The Balaban J connectivity index is 1.73. The molecule has 0 fully saturated rings. The van der Waals surface area contributed by atoms with Gasteiger partial charge in [0.15, 0.2) is 0 Å². The molecule has 2 aromatic rings. The monoisotopic (exact) mass is 384 g/mol. The number of anilines is 1. The highest BCUT2D eigenvalue weighted by Crippen LogP contribution is 2.14. The van der Waals surface area contributed by atoms with Crippen LogP contribution in [-0.2, 0) is 9.16 Å². The van der Waals surface area contributed by atoms with Crippen molar-refractivity contribution in [2.75, 3.05) is 12.1 Å². The Morgan fingerprint density at radius 2 is 1.85 bits per heavy atom. The van der Waals surface area contributed by atoms with Gasteiger partial charge in [-0.2, -0.15) is 0 Å². The van der Waals surface area contributed by atoms with Crippen LogP contribution < -0.4 is 10.1 Å². The van der Waals surface area contributed by atoms with Crippen molar-refractivity contribution in [2.24, 2.45) is 0 Å². The lowest BCUT2D eigenvalue weighted by atomic mass is 10.2. The number of benzene rings is 1. The molecule has 1 heterocycles. The highest BCUT2D eigenvalue weighted by molar-refractivity contribution is 14.1. The second-order valence-electron chi connectivity index (χ2n) is 3.83. The molecule has 20 heavy (non-hydrogen) atoms. The summed E-state index contributed by atoms with van der Waals surface area (Å²) in [4.78, 5) is 15.3. The zero-order chi connectivity index (χ0) is 14.2. The van der Waals surface area contributed by atoms with Crippen molar-refractivity contribution >= 4 is 34.4 Å². The molecule has 1 aromatic carbocycles. The summed E-state index contributed by atoms with van der Waals surface area (Å²) in [5, 5.41) is 2.56. The van der Waals surface area contributed by atoms with E-state index in [1.165, 1.54) is 5.56 Å². The predicted molar refractivity (Wildman–Crippen MR) is 84.0 cm³/mol. The minimum Gasteiger partial charge on any atom is -0.457 e. The average molecular weight is 384 g/mol. The van der Waals surface area contributed by atoms with Crippen LogP contribution in [0.15, 0.2) is 48.8 Å². The first-order valence-corrected chi connectivity index (χ1v) is 7.42. The first-order chi connectivity index (χ1) is 9.78. The summed E-state index contributed by atoms with van der Waals surface area (Å²) in [6.45, 7) is -0.138. The van der Waals surface area contributed by atoms with Gasteiger partial charge in [-0.3, -0.25) is 10.3 Å². The summed E-state index contributed by atoms with van der Waals surface area (Å²) < 4.78 is 11.2. The van der Waals surface area contributed by atoms with Crippen molar-refractivity contribution in [1.82, 2.24) is 4.98 Å². The second kappa shape index (κ2) is 7.68. The summed E-state index contributed by atoms with van der Waals surface area (Å²) in [5.74, 6) is 0.662. The van der Waals surface area contributed by atoms with Crippen LogP contribution in [0.1, 0.15) is 5.56 Å². The molecular formula is C14H13IN2O3. The number of carbonyl (C=O) groups excluding carboxylic acids is 1. The molecule has 1 amide bonds. The normalized spacial score (nSPS) is 9.85. The number of carbonyl (C=O) groups is 1. The third kappa shape index (κ3) is 4.69. The fraction of sp³-hybridized carbons (Fsp3) is 0.143. The number of nitrogens with one attached hydrogen (secondary N) is 1. The van der Waals surface area contributed by atoms with E-state index in [4.69, 9.17) is 9.47 Å². The van der Waals surface area contributed by atoms with Gasteiger partial charge in [0.25, 0.3) is 0 Å². The molecule has 0 saturated heterocycles. The molecule has 0 spiro atoms. The number of ether oxygens (including phenoxy) is 2. The number of amides is 1. The van der Waals surface area contributed by atoms with E-state index in [0.717, 1.165) is 4.43 Å². The highest BCUT2D eigenvalue weighted by atomic mass is 127. The largest absolute Gasteiger partial charge is 0.457 e. The minimum atomic E-state index is -0.569. The minimum absolute atomic E-state index is 0.138. The maximum atomic E-state index is 11.5. The third-order valence-corrected chi connectivity index (χ3v) is 3.30. The maximum absolute atomic E-state index is 11.5. The fourth-order valence-electron chi connectivity index (χ4n) is 1.41. The Bertz CT molecular complexity index is 546. The number of aromatic nitrogens is 1. The number of halogens is 1. The molecule has 0 radical (unpaired) electrons. The lowest BCUT2D eigenvalue weighted by Gasteiger charge is -2.08. The molecule has 1 N–H and O–H groups in total. The molecular weight excluding hydrogens is 371 g/mol. The van der Waals surface area contributed by atoms with E-state index in [1.807, 2.05) is 24.3 Å². The zero-order valence-corrected chi connectivity index (χ0v) is 12.7. The Hall–Kier alpha value is -1.83. The van der Waals surface area contributed by atoms with Crippen molar-refractivity contribution in [1.29, 1.82) is 0 Å². The van der Waals surface area contributed by atoms with E-state index < -0.39 is 6.09 Å². The number of rotatable bonds is 5. The van der Waals surface area contributed by atoms with Gasteiger partial charge in [-0.1, -0.05) is 34.7 Å². The second-order valence-corrected chi connectivity index (χ2v) is 4.60. The van der Waals surface area contributed by atoms with Crippen LogP contribution in [0.25, 0.3) is 0 Å². The molecule has 0 aliphatic heterocycles. The number of nitrogens with zero attached hydrogens (tertiary/aromatic N) is 1. The zero-order valence-electron chi connectivity index (χ0n) is 10.6. The molecule has 1 aromatic heterocycles. The van der Waals surface area contributed by atoms with Crippen molar-refractivity contribution in [3.63, 3.8) is 0 Å². The van der Waals surface area contributed by atoms with Crippen molar-refractivity contribution in [2.45, 2.75) is 4.43 Å². The van der Waals surface area contributed by atoms with Crippen LogP contribution in [0, 0.1) is 0 Å². The molecule has 104 valence electrons. The molecule has 0 bridgehead atoms. The van der Waals surface area contributed by atoms with E-state index >= 15 is 0 Å². The number of hydrogen-bond donors (Lipinski definition) is 1. The Morgan fingerprint density at radius 3 is 2.50 bits per heavy atom. The van der Waals surface area contributed by atoms with Gasteiger partial charge in [0.05, 0.1) is 0 Å². The Kier molecular flexibility index (Phi) is 5.60. The molecule has 0 atom stereocenters. The van der Waals surface area contributed by atoms with Gasteiger partial charge in [0.1, 0.15) is 5.75 Å². The van der Waals surface area contributed by atoms with Gasteiger partial charge < -0.3 is 9.47 Å². The quantitative estimate of drug-likeness (QED) is 0.486. The maximum Gasteiger partial charge on any atom is 0.414 e. The van der Waals surface area contributed by atoms with Crippen molar-refractivity contribution < 1.29 is 14.3 Å². The van der Waals surface area contributed by atoms with Gasteiger partial charge >= 0.3 is 6.09 Å². The van der Waals surface area contributed by atoms with Crippen molar-refractivity contribution in [3.8, 4) is 5.75 Å². The number of hydrogen-bond acceptors (Lipinski definition) is 4. The highest BCUT2D eigenvalue weighted by Gasteiger charge is 2.03. The van der Waals surface area contributed by atoms with E-state index in [1.54, 1.807) is 24.5 Å². The van der Waals surface area contributed by atoms with Gasteiger partial charge in [-0.05, 0) is 29.8 Å². The SMILES string of the molecule is O=C(Nc1ccncc1)OCOc1ccc(CI)cc1. The molecule has 0 saturated carbocycles. The summed E-state index contributed by atoms with van der Waals surface area (Å²) >= 11 is 2.29. The number of pyridine rings is 1. The molecule has 0 aliphatic rings. The third-order valence-electron chi connectivity index (χ3n) is 2.42. The Labute approximate surface area is 130 Å². The summed E-state index contributed by atoms with van der Waals surface area (Å²) in [6, 6.07) is 11.0. The predicted octanol–water partition coefficient (Wildman–Crippen LogP) is 3.60. The van der Waals surface area contributed by atoms with E-state index in [0.29, 0.717) is 11.4 Å². The van der Waals surface area contributed by atoms with Crippen molar-refractivity contribution in [3.05, 3.63) is 54.4 Å². The van der Waals surface area contributed by atoms with Crippen LogP contribution in [0.5, 0.6) is 5.75 Å². The molecule has 0 unspecified atom stereocenters. The van der Waals surface area contributed by atoms with Crippen LogP contribution in [-0.4, -0.2) is 17.9 Å². The Morgan fingerprint density at radius 1 is 1.15 bits per heavy atom. The average Bonchev–Trinajstić information content (AvgIpc) is 2.49. The standard InChI is InChI=1S/C14H13IN2O3/c15-9-11-1-3-13(4-2-11)19-10-20-14(18)17-12-5-7-16-8-6-12/h1-8H,9-10H2,(H,16,17,18). The lowest BCUT2D eigenvalue weighted by Crippen LogP contribution is -2.16. The summed E-state index contributed by atoms with van der Waals surface area (Å²) in [5.41, 5.74) is 1.84. The summed E-state index contributed by atoms with van der Waals surface area (Å²) in [7, 11) is 0. The fourth-order valence-corrected chi connectivity index (χ4v) is 1.92. The van der Waals surface area contributed by atoms with Gasteiger partial charge in [-0.15, -0.1) is 0 Å². The van der Waals surface area contributed by atoms with E-state index in [9.17, 15) is 4.79 Å².